The van der Waals surface area contributed by atoms with Gasteiger partial charge >= 0.3 is 12.1 Å². The minimum Gasteiger partial charge on any atom is -0.466 e. The number of hydrogen-bond donors (Lipinski definition) is 0. The Morgan fingerprint density at radius 3 is 1.70 bits per heavy atom. The molecule has 3 aromatic rings. The zero-order chi connectivity index (χ0) is 38.9. The van der Waals surface area contributed by atoms with Crippen molar-refractivity contribution in [3.05, 3.63) is 108 Å². The standard InChI is InChI=1S/C43H59N3O6S/c1-8-9-31-51-39(48)33-37(40(49)44(5)29-30-45(6)41(50)52-42(2,3)4)46(7)38(47)28-20-13-21-32-53-43(34-22-14-10-15-23-34,35-24-16-11-17-25-35)36-26-18-12-19-27-36/h10-12,14-19,22-27,37H,8-9,13,20-21,28-33H2,1-7H3/t37-/m0/s1. The van der Waals surface area contributed by atoms with E-state index in [1.165, 1.54) is 31.4 Å². The number of ether oxygens (including phenoxy) is 2. The van der Waals surface area contributed by atoms with Gasteiger partial charge in [-0.25, -0.2) is 4.79 Å². The lowest BCUT2D eigenvalue weighted by Crippen LogP contribution is -2.50. The summed E-state index contributed by atoms with van der Waals surface area (Å²) in [6.45, 7) is 8.06. The summed E-state index contributed by atoms with van der Waals surface area (Å²) >= 11 is 1.90. The van der Waals surface area contributed by atoms with Crippen molar-refractivity contribution in [3.63, 3.8) is 0 Å². The average molecular weight is 746 g/mol. The van der Waals surface area contributed by atoms with Crippen molar-refractivity contribution in [1.82, 2.24) is 14.7 Å². The molecule has 3 amide bonds. The number of rotatable bonds is 20. The molecule has 0 N–H and O–H groups in total. The maximum atomic E-state index is 13.7. The highest BCUT2D eigenvalue weighted by Crippen LogP contribution is 2.48. The van der Waals surface area contributed by atoms with E-state index in [4.69, 9.17) is 9.47 Å². The van der Waals surface area contributed by atoms with Crippen LogP contribution >= 0.6 is 11.8 Å². The molecule has 1 atom stereocenters. The fourth-order valence-corrected chi connectivity index (χ4v) is 7.49. The molecule has 0 saturated heterocycles. The summed E-state index contributed by atoms with van der Waals surface area (Å²) in [4.78, 5) is 56.7. The minimum absolute atomic E-state index is 0.200. The first-order valence-electron chi connectivity index (χ1n) is 18.7. The average Bonchev–Trinajstić information content (AvgIpc) is 3.15. The van der Waals surface area contributed by atoms with E-state index in [9.17, 15) is 19.2 Å². The highest BCUT2D eigenvalue weighted by Gasteiger charge is 2.37. The van der Waals surface area contributed by atoms with Gasteiger partial charge in [-0.3, -0.25) is 14.4 Å². The van der Waals surface area contributed by atoms with E-state index < -0.39 is 28.5 Å². The number of likely N-dealkylation sites (N-methyl/N-ethyl adjacent to an activating group) is 3. The van der Waals surface area contributed by atoms with Crippen LogP contribution < -0.4 is 0 Å². The second kappa shape index (κ2) is 21.4. The van der Waals surface area contributed by atoms with Crippen molar-refractivity contribution in [1.29, 1.82) is 0 Å². The van der Waals surface area contributed by atoms with Crippen LogP contribution in [0.4, 0.5) is 4.79 Å². The Balaban J connectivity index is 1.64. The van der Waals surface area contributed by atoms with E-state index in [-0.39, 0.29) is 44.4 Å². The Hall–Kier alpha value is -4.31. The normalized spacial score (nSPS) is 12.1. The van der Waals surface area contributed by atoms with Gasteiger partial charge in [0.05, 0.1) is 17.8 Å². The van der Waals surface area contributed by atoms with Gasteiger partial charge in [0.25, 0.3) is 0 Å². The summed E-state index contributed by atoms with van der Waals surface area (Å²) in [7, 11) is 4.79. The van der Waals surface area contributed by atoms with Crippen molar-refractivity contribution < 1.29 is 28.7 Å². The first-order valence-corrected chi connectivity index (χ1v) is 19.7. The number of unbranched alkanes of at least 4 members (excludes halogenated alkanes) is 3. The van der Waals surface area contributed by atoms with Crippen LogP contribution in [0.5, 0.6) is 0 Å². The maximum Gasteiger partial charge on any atom is 0.410 e. The highest BCUT2D eigenvalue weighted by atomic mass is 32.2. The molecule has 3 aromatic carbocycles. The van der Waals surface area contributed by atoms with Gasteiger partial charge in [0.2, 0.25) is 11.8 Å². The molecule has 0 aromatic heterocycles. The maximum absolute atomic E-state index is 13.7. The summed E-state index contributed by atoms with van der Waals surface area (Å²) in [6, 6.07) is 30.8. The number of benzene rings is 3. The zero-order valence-electron chi connectivity index (χ0n) is 32.7. The van der Waals surface area contributed by atoms with Crippen LogP contribution in [0.3, 0.4) is 0 Å². The quantitative estimate of drug-likeness (QED) is 0.0655. The first kappa shape index (κ1) is 43.1. The molecule has 0 aliphatic rings. The Bertz CT molecular complexity index is 1470. The molecule has 53 heavy (non-hydrogen) atoms. The Morgan fingerprint density at radius 1 is 0.698 bits per heavy atom. The molecule has 0 aliphatic heterocycles. The van der Waals surface area contributed by atoms with Gasteiger partial charge < -0.3 is 24.2 Å². The van der Waals surface area contributed by atoms with Gasteiger partial charge in [-0.15, -0.1) is 11.8 Å². The van der Waals surface area contributed by atoms with Crippen molar-refractivity contribution in [3.8, 4) is 0 Å². The van der Waals surface area contributed by atoms with Gasteiger partial charge in [-0.1, -0.05) is 111 Å². The van der Waals surface area contributed by atoms with Crippen molar-refractivity contribution in [2.45, 2.75) is 89.0 Å². The van der Waals surface area contributed by atoms with Crippen molar-refractivity contribution >= 4 is 35.6 Å². The van der Waals surface area contributed by atoms with Crippen molar-refractivity contribution in [2.75, 3.05) is 46.6 Å². The molecule has 288 valence electrons. The van der Waals surface area contributed by atoms with Crippen LogP contribution in [0.2, 0.25) is 0 Å². The van der Waals surface area contributed by atoms with Gasteiger partial charge in [0, 0.05) is 40.7 Å². The molecule has 0 saturated carbocycles. The molecule has 0 radical (unpaired) electrons. The SMILES string of the molecule is CCCCOC(=O)C[C@@H](C(=O)N(C)CCN(C)C(=O)OC(C)(C)C)N(C)C(=O)CCCCCSC(c1ccccc1)(c1ccccc1)c1ccccc1. The monoisotopic (exact) mass is 745 g/mol. The van der Waals surface area contributed by atoms with Crippen LogP contribution in [0.25, 0.3) is 0 Å². The van der Waals surface area contributed by atoms with E-state index in [2.05, 4.69) is 72.8 Å². The van der Waals surface area contributed by atoms with E-state index in [0.717, 1.165) is 31.4 Å². The van der Waals surface area contributed by atoms with Crippen LogP contribution in [0, 0.1) is 0 Å². The number of hydrogen-bond acceptors (Lipinski definition) is 7. The molecule has 0 bridgehead atoms. The molecule has 0 heterocycles. The van der Waals surface area contributed by atoms with Gasteiger partial charge in [0.15, 0.2) is 0 Å². The fraction of sp³-hybridized carbons (Fsp3) is 0.488. The number of carbonyl (C=O) groups excluding carboxylic acids is 4. The predicted octanol–water partition coefficient (Wildman–Crippen LogP) is 8.16. The second-order valence-corrected chi connectivity index (χ2v) is 15.7. The summed E-state index contributed by atoms with van der Waals surface area (Å²) < 4.78 is 10.4. The number of amides is 3. The predicted molar refractivity (Wildman–Crippen MR) is 214 cm³/mol. The van der Waals surface area contributed by atoms with Crippen LogP contribution in [0.1, 0.15) is 89.3 Å². The number of esters is 1. The van der Waals surface area contributed by atoms with Crippen LogP contribution in [-0.4, -0.2) is 96.8 Å². The zero-order valence-corrected chi connectivity index (χ0v) is 33.5. The fourth-order valence-electron chi connectivity index (χ4n) is 5.93. The third kappa shape index (κ3) is 13.2. The third-order valence-electron chi connectivity index (χ3n) is 9.01. The van der Waals surface area contributed by atoms with E-state index in [1.54, 1.807) is 41.9 Å². The van der Waals surface area contributed by atoms with Gasteiger partial charge in [0.1, 0.15) is 11.6 Å². The summed E-state index contributed by atoms with van der Waals surface area (Å²) in [5.41, 5.74) is 2.99. The Kier molecular flexibility index (Phi) is 17.4. The number of carbonyl (C=O) groups is 4. The lowest BCUT2D eigenvalue weighted by Gasteiger charge is -2.35. The van der Waals surface area contributed by atoms with E-state index in [1.807, 2.05) is 36.9 Å². The summed E-state index contributed by atoms with van der Waals surface area (Å²) in [6.07, 6.45) is 3.48. The van der Waals surface area contributed by atoms with Crippen LogP contribution in [-0.2, 0) is 28.6 Å². The molecule has 9 nitrogen and oxygen atoms in total. The van der Waals surface area contributed by atoms with Gasteiger partial charge in [-0.2, -0.15) is 0 Å². The number of thioether (sulfide) groups is 1. The lowest BCUT2D eigenvalue weighted by atomic mass is 9.84. The summed E-state index contributed by atoms with van der Waals surface area (Å²) in [5, 5.41) is 0. The smallest absolute Gasteiger partial charge is 0.410 e. The molecular formula is C43H59N3O6S. The molecule has 3 rings (SSSR count). The first-order chi connectivity index (χ1) is 25.3. The lowest BCUT2D eigenvalue weighted by molar-refractivity contribution is -0.152. The highest BCUT2D eigenvalue weighted by molar-refractivity contribution is 8.00. The molecule has 0 aliphatic carbocycles. The topological polar surface area (TPSA) is 96.5 Å². The second-order valence-electron chi connectivity index (χ2n) is 14.4. The largest absolute Gasteiger partial charge is 0.466 e. The molecule has 0 fully saturated rings. The molecule has 0 spiro atoms. The molecular weight excluding hydrogens is 687 g/mol. The van der Waals surface area contributed by atoms with E-state index >= 15 is 0 Å². The summed E-state index contributed by atoms with van der Waals surface area (Å²) in [5.74, 6) is -0.243. The van der Waals surface area contributed by atoms with Crippen LogP contribution in [0.15, 0.2) is 91.0 Å². The Labute approximate surface area is 321 Å². The third-order valence-corrected chi connectivity index (χ3v) is 10.6. The molecule has 10 heteroatoms. The Morgan fingerprint density at radius 2 is 1.21 bits per heavy atom. The van der Waals surface area contributed by atoms with E-state index in [0.29, 0.717) is 6.42 Å². The van der Waals surface area contributed by atoms with Gasteiger partial charge in [-0.05, 0) is 62.5 Å². The minimum atomic E-state index is -1.02. The number of nitrogens with zero attached hydrogens (tertiary/aromatic N) is 3. The molecule has 0 unspecified atom stereocenters. The van der Waals surface area contributed by atoms with Crippen molar-refractivity contribution in [2.24, 2.45) is 0 Å².